The Morgan fingerprint density at radius 2 is 2.24 bits per heavy atom. The van der Waals surface area contributed by atoms with Crippen molar-refractivity contribution in [3.63, 3.8) is 0 Å². The van der Waals surface area contributed by atoms with Gasteiger partial charge in [-0.05, 0) is 43.9 Å². The lowest BCUT2D eigenvalue weighted by Gasteiger charge is -2.15. The van der Waals surface area contributed by atoms with E-state index in [4.69, 9.17) is 0 Å². The van der Waals surface area contributed by atoms with Crippen molar-refractivity contribution in [1.29, 1.82) is 0 Å². The SMILES string of the molecule is C[C@@H]1C(=O)Nc2ccc(-c3csc(NC(=O)[C@H]4CC=CCC4)n3)cc21. The second-order valence-corrected chi connectivity index (χ2v) is 7.38. The number of hydrogen-bond acceptors (Lipinski definition) is 4. The van der Waals surface area contributed by atoms with Crippen LogP contribution in [0.4, 0.5) is 10.8 Å². The predicted octanol–water partition coefficient (Wildman–Crippen LogP) is 4.16. The molecule has 128 valence electrons. The van der Waals surface area contributed by atoms with Crippen LogP contribution >= 0.6 is 11.3 Å². The van der Waals surface area contributed by atoms with E-state index in [9.17, 15) is 9.59 Å². The smallest absolute Gasteiger partial charge is 0.231 e. The van der Waals surface area contributed by atoms with Crippen LogP contribution in [0.3, 0.4) is 0 Å². The molecule has 4 rings (SSSR count). The van der Waals surface area contributed by atoms with E-state index in [0.29, 0.717) is 5.13 Å². The minimum absolute atomic E-state index is 0.0277. The zero-order chi connectivity index (χ0) is 17.4. The molecule has 6 heteroatoms. The minimum atomic E-state index is -0.146. The zero-order valence-corrected chi connectivity index (χ0v) is 14.7. The molecule has 1 aliphatic heterocycles. The Morgan fingerprint density at radius 1 is 1.36 bits per heavy atom. The molecule has 1 aliphatic carbocycles. The van der Waals surface area contributed by atoms with Crippen molar-refractivity contribution in [2.45, 2.75) is 32.1 Å². The number of allylic oxidation sites excluding steroid dienone is 2. The standard InChI is InChI=1S/C19H19N3O2S/c1-11-14-9-13(7-8-15(14)20-17(11)23)16-10-25-19(21-16)22-18(24)12-5-3-2-4-6-12/h2-3,7-12H,4-6H2,1H3,(H,20,23)(H,21,22,24)/t11-,12-/m0/s1. The van der Waals surface area contributed by atoms with Crippen molar-refractivity contribution in [2.24, 2.45) is 5.92 Å². The molecule has 0 unspecified atom stereocenters. The number of amides is 2. The van der Waals surface area contributed by atoms with Crippen molar-refractivity contribution in [3.05, 3.63) is 41.3 Å². The summed E-state index contributed by atoms with van der Waals surface area (Å²) in [7, 11) is 0. The van der Waals surface area contributed by atoms with Gasteiger partial charge in [0.05, 0.1) is 11.6 Å². The molecule has 0 saturated heterocycles. The molecule has 0 bridgehead atoms. The molecule has 0 saturated carbocycles. The van der Waals surface area contributed by atoms with Gasteiger partial charge in [0.15, 0.2) is 5.13 Å². The first-order chi connectivity index (χ1) is 12.1. The van der Waals surface area contributed by atoms with Gasteiger partial charge in [0, 0.05) is 22.5 Å². The fourth-order valence-electron chi connectivity index (χ4n) is 3.28. The van der Waals surface area contributed by atoms with Crippen LogP contribution in [0.1, 0.15) is 37.7 Å². The van der Waals surface area contributed by atoms with Crippen LogP contribution in [-0.4, -0.2) is 16.8 Å². The number of hydrogen-bond donors (Lipinski definition) is 2. The minimum Gasteiger partial charge on any atom is -0.325 e. The summed E-state index contributed by atoms with van der Waals surface area (Å²) in [5, 5.41) is 8.37. The van der Waals surface area contributed by atoms with Gasteiger partial charge in [-0.25, -0.2) is 4.98 Å². The number of aromatic nitrogens is 1. The molecule has 2 aromatic rings. The summed E-state index contributed by atoms with van der Waals surface area (Å²) >= 11 is 1.43. The van der Waals surface area contributed by atoms with Crippen molar-refractivity contribution < 1.29 is 9.59 Å². The van der Waals surface area contributed by atoms with E-state index in [1.165, 1.54) is 11.3 Å². The van der Waals surface area contributed by atoms with Crippen LogP contribution in [0, 0.1) is 5.92 Å². The number of benzene rings is 1. The third-order valence-corrected chi connectivity index (χ3v) is 5.60. The van der Waals surface area contributed by atoms with Crippen LogP contribution in [-0.2, 0) is 9.59 Å². The van der Waals surface area contributed by atoms with Gasteiger partial charge in [0.2, 0.25) is 11.8 Å². The summed E-state index contributed by atoms with van der Waals surface area (Å²) in [6.07, 6.45) is 6.85. The van der Waals surface area contributed by atoms with Crippen LogP contribution in [0.15, 0.2) is 35.7 Å². The number of rotatable bonds is 3. The summed E-state index contributed by atoms with van der Waals surface area (Å²) in [6.45, 7) is 1.90. The molecule has 2 atom stereocenters. The monoisotopic (exact) mass is 353 g/mol. The zero-order valence-electron chi connectivity index (χ0n) is 13.9. The van der Waals surface area contributed by atoms with E-state index < -0.39 is 0 Å². The summed E-state index contributed by atoms with van der Waals surface area (Å²) in [4.78, 5) is 28.6. The lowest BCUT2D eigenvalue weighted by atomic mass is 9.94. The first-order valence-corrected chi connectivity index (χ1v) is 9.36. The van der Waals surface area contributed by atoms with Gasteiger partial charge in [-0.15, -0.1) is 11.3 Å². The Bertz CT molecular complexity index is 871. The van der Waals surface area contributed by atoms with Crippen LogP contribution in [0.2, 0.25) is 0 Å². The summed E-state index contributed by atoms with van der Waals surface area (Å²) in [6, 6.07) is 5.87. The molecule has 2 amide bonds. The Labute approximate surface area is 150 Å². The van der Waals surface area contributed by atoms with E-state index in [1.54, 1.807) is 0 Å². The van der Waals surface area contributed by atoms with E-state index in [-0.39, 0.29) is 23.7 Å². The van der Waals surface area contributed by atoms with Gasteiger partial charge in [0.25, 0.3) is 0 Å². The number of fused-ring (bicyclic) bond motifs is 1. The topological polar surface area (TPSA) is 71.1 Å². The van der Waals surface area contributed by atoms with E-state index >= 15 is 0 Å². The maximum absolute atomic E-state index is 12.3. The summed E-state index contributed by atoms with van der Waals surface area (Å²) in [5.41, 5.74) is 3.64. The Balaban J connectivity index is 1.51. The second-order valence-electron chi connectivity index (χ2n) is 6.52. The maximum Gasteiger partial charge on any atom is 0.231 e. The van der Waals surface area contributed by atoms with Crippen molar-refractivity contribution >= 4 is 34.0 Å². The lowest BCUT2D eigenvalue weighted by Crippen LogP contribution is -2.23. The molecule has 2 heterocycles. The first kappa shape index (κ1) is 16.0. The van der Waals surface area contributed by atoms with Crippen LogP contribution < -0.4 is 10.6 Å². The quantitative estimate of drug-likeness (QED) is 0.814. The predicted molar refractivity (Wildman–Crippen MR) is 99.7 cm³/mol. The van der Waals surface area contributed by atoms with Crippen molar-refractivity contribution in [3.8, 4) is 11.3 Å². The molecule has 0 radical (unpaired) electrons. The summed E-state index contributed by atoms with van der Waals surface area (Å²) in [5.74, 6) is -0.0371. The Hall–Kier alpha value is -2.47. The van der Waals surface area contributed by atoms with Crippen molar-refractivity contribution in [1.82, 2.24) is 4.98 Å². The largest absolute Gasteiger partial charge is 0.325 e. The molecule has 1 aromatic heterocycles. The average molecular weight is 353 g/mol. The molecule has 2 aliphatic rings. The third kappa shape index (κ3) is 3.09. The molecular weight excluding hydrogens is 334 g/mol. The normalized spacial score (nSPS) is 21.7. The van der Waals surface area contributed by atoms with E-state index in [0.717, 1.165) is 41.8 Å². The fourth-order valence-corrected chi connectivity index (χ4v) is 4.00. The second kappa shape index (κ2) is 6.44. The number of anilines is 2. The Morgan fingerprint density at radius 3 is 3.04 bits per heavy atom. The van der Waals surface area contributed by atoms with E-state index in [1.807, 2.05) is 30.5 Å². The molecule has 2 N–H and O–H groups in total. The first-order valence-electron chi connectivity index (χ1n) is 8.48. The van der Waals surface area contributed by atoms with Gasteiger partial charge >= 0.3 is 0 Å². The van der Waals surface area contributed by atoms with E-state index in [2.05, 4.69) is 27.8 Å². The van der Waals surface area contributed by atoms with Gasteiger partial charge in [-0.1, -0.05) is 18.2 Å². The average Bonchev–Trinajstić information content (AvgIpc) is 3.21. The molecule has 0 fully saturated rings. The Kier molecular flexibility index (Phi) is 4.13. The molecule has 0 spiro atoms. The van der Waals surface area contributed by atoms with Gasteiger partial charge < -0.3 is 10.6 Å². The van der Waals surface area contributed by atoms with Crippen LogP contribution in [0.5, 0.6) is 0 Å². The van der Waals surface area contributed by atoms with Gasteiger partial charge in [0.1, 0.15) is 0 Å². The molecular formula is C19H19N3O2S. The van der Waals surface area contributed by atoms with Gasteiger partial charge in [-0.2, -0.15) is 0 Å². The fraction of sp³-hybridized carbons (Fsp3) is 0.316. The van der Waals surface area contributed by atoms with Gasteiger partial charge in [-0.3, -0.25) is 9.59 Å². The summed E-state index contributed by atoms with van der Waals surface area (Å²) < 4.78 is 0. The van der Waals surface area contributed by atoms with Crippen LogP contribution in [0.25, 0.3) is 11.3 Å². The molecule has 25 heavy (non-hydrogen) atoms. The highest BCUT2D eigenvalue weighted by molar-refractivity contribution is 7.14. The number of nitrogens with one attached hydrogen (secondary N) is 2. The lowest BCUT2D eigenvalue weighted by molar-refractivity contribution is -0.120. The number of carbonyl (C=O) groups is 2. The molecule has 5 nitrogen and oxygen atoms in total. The maximum atomic E-state index is 12.3. The molecule has 1 aromatic carbocycles. The number of nitrogens with zero attached hydrogens (tertiary/aromatic N) is 1. The highest BCUT2D eigenvalue weighted by Gasteiger charge is 2.27. The van der Waals surface area contributed by atoms with Crippen molar-refractivity contribution in [2.75, 3.05) is 10.6 Å². The highest BCUT2D eigenvalue weighted by Crippen LogP contribution is 2.36. The number of carbonyl (C=O) groups excluding carboxylic acids is 2. The third-order valence-electron chi connectivity index (χ3n) is 4.84. The highest BCUT2D eigenvalue weighted by atomic mass is 32.1. The number of thiazole rings is 1.